The smallest absolute Gasteiger partial charge is 0.241 e. The van der Waals surface area contributed by atoms with Crippen LogP contribution in [0.5, 0.6) is 5.75 Å². The molecule has 12 heteroatoms. The van der Waals surface area contributed by atoms with Crippen LogP contribution in [0, 0.1) is 40.7 Å². The van der Waals surface area contributed by atoms with Gasteiger partial charge in [0.05, 0.1) is 52.8 Å². The van der Waals surface area contributed by atoms with Gasteiger partial charge in [-0.3, -0.25) is 24.1 Å². The largest absolute Gasteiger partial charge is 0.505 e. The van der Waals surface area contributed by atoms with Crippen molar-refractivity contribution in [1.29, 1.82) is 0 Å². The van der Waals surface area contributed by atoms with Crippen molar-refractivity contribution >= 4 is 52.3 Å². The number of imide groups is 2. The van der Waals surface area contributed by atoms with Crippen molar-refractivity contribution < 1.29 is 37.8 Å². The average molecular weight is 688 g/mol. The minimum atomic E-state index is -1.43. The van der Waals surface area contributed by atoms with Crippen molar-refractivity contribution in [3.8, 4) is 5.75 Å². The van der Waals surface area contributed by atoms with Gasteiger partial charge in [-0.1, -0.05) is 29.3 Å². The first-order valence-electron chi connectivity index (χ1n) is 16.3. The van der Waals surface area contributed by atoms with Crippen molar-refractivity contribution in [2.75, 3.05) is 41.0 Å². The molecular formula is C37H32ClF2N3O6. The molecule has 0 spiro atoms. The Morgan fingerprint density at radius 3 is 2.20 bits per heavy atom. The van der Waals surface area contributed by atoms with Crippen LogP contribution in [-0.2, 0) is 23.9 Å². The van der Waals surface area contributed by atoms with E-state index >= 15 is 0 Å². The number of ether oxygens (including phenoxy) is 1. The van der Waals surface area contributed by atoms with E-state index in [-0.39, 0.29) is 35.4 Å². The van der Waals surface area contributed by atoms with E-state index in [1.54, 1.807) is 19.1 Å². The molecule has 8 rings (SSSR count). The van der Waals surface area contributed by atoms with Crippen LogP contribution in [0.4, 0.5) is 25.8 Å². The third-order valence-electron chi connectivity index (χ3n) is 11.2. The van der Waals surface area contributed by atoms with Gasteiger partial charge in [0.2, 0.25) is 23.6 Å². The van der Waals surface area contributed by atoms with E-state index in [2.05, 4.69) is 4.90 Å². The van der Waals surface area contributed by atoms with Crippen LogP contribution in [0.2, 0.25) is 5.02 Å². The second-order valence-electron chi connectivity index (χ2n) is 13.6. The van der Waals surface area contributed by atoms with Crippen molar-refractivity contribution in [3.05, 3.63) is 94.5 Å². The number of allylic oxidation sites excluding steroid dienone is 2. The zero-order valence-electron chi connectivity index (χ0n) is 26.4. The number of carbonyl (C=O) groups excluding carboxylic acids is 4. The number of phenols is 1. The number of benzene rings is 3. The summed E-state index contributed by atoms with van der Waals surface area (Å²) in [5.41, 5.74) is 1.10. The molecule has 3 aliphatic heterocycles. The Morgan fingerprint density at radius 1 is 0.816 bits per heavy atom. The highest BCUT2D eigenvalue weighted by molar-refractivity contribution is 6.32. The first kappa shape index (κ1) is 31.6. The SMILES string of the molecule is C[C@@]12C(=O)N(c3ccc(F)c(Cl)c3)C(=O)[C@@H]1C[C@@H]1C(=CC[C@@H]3C(=O)N(c4ccc(N5CCOCC5)cc4)C(=O)[C@@H]31)[C@@H]2c1ccc(O)c(F)c1. The molecule has 4 fully saturated rings. The molecule has 0 unspecified atom stereocenters. The molecule has 2 aliphatic carbocycles. The molecule has 0 bridgehead atoms. The molecule has 4 amide bonds. The highest BCUT2D eigenvalue weighted by atomic mass is 35.5. The van der Waals surface area contributed by atoms with Crippen molar-refractivity contribution in [2.45, 2.75) is 25.7 Å². The first-order valence-corrected chi connectivity index (χ1v) is 16.7. The number of anilines is 3. The zero-order chi connectivity index (χ0) is 34.4. The number of morpholine rings is 1. The Hall–Kier alpha value is -4.61. The average Bonchev–Trinajstić information content (AvgIpc) is 3.47. The van der Waals surface area contributed by atoms with Crippen LogP contribution in [0.15, 0.2) is 72.3 Å². The summed E-state index contributed by atoms with van der Waals surface area (Å²) in [5.74, 6) is -7.94. The number of nitrogens with zero attached hydrogens (tertiary/aromatic N) is 3. The second-order valence-corrected chi connectivity index (χ2v) is 14.0. The van der Waals surface area contributed by atoms with Gasteiger partial charge in [0, 0.05) is 24.7 Å². The lowest BCUT2D eigenvalue weighted by atomic mass is 9.51. The first-order chi connectivity index (χ1) is 23.5. The number of fused-ring (bicyclic) bond motifs is 4. The van der Waals surface area contributed by atoms with Gasteiger partial charge < -0.3 is 14.7 Å². The lowest BCUT2D eigenvalue weighted by molar-refractivity contribution is -0.131. The number of aromatic hydroxyl groups is 1. The maximum atomic E-state index is 14.9. The number of amides is 4. The predicted molar refractivity (Wildman–Crippen MR) is 176 cm³/mol. The number of hydrogen-bond donors (Lipinski definition) is 1. The predicted octanol–water partition coefficient (Wildman–Crippen LogP) is 5.60. The van der Waals surface area contributed by atoms with E-state index < -0.39 is 64.2 Å². The standard InChI is InChI=1S/C37H32ClF2N3O6/c1-37-26(34(46)43(36(37)48)22-7-10-28(39)27(38)17-22)18-25-23(32(37)19-2-11-30(44)29(40)16-19)8-9-24-31(25)35(47)42(33(24)45)21-5-3-20(4-6-21)41-12-14-49-15-13-41/h2-8,10-11,16-17,24-26,31-32,44H,9,12-15,18H2,1H3/t24-,25+,26-,31-,32-,37+/m0/s1. The Labute approximate surface area is 285 Å². The number of carbonyl (C=O) groups is 4. The maximum absolute atomic E-state index is 14.9. The Kier molecular flexibility index (Phi) is 7.42. The van der Waals surface area contributed by atoms with Crippen LogP contribution < -0.4 is 14.7 Å². The summed E-state index contributed by atoms with van der Waals surface area (Å²) < 4.78 is 34.5. The van der Waals surface area contributed by atoms with Gasteiger partial charge in [-0.25, -0.2) is 13.7 Å². The molecule has 9 nitrogen and oxygen atoms in total. The van der Waals surface area contributed by atoms with Gasteiger partial charge in [-0.15, -0.1) is 0 Å². The van der Waals surface area contributed by atoms with Crippen molar-refractivity contribution in [1.82, 2.24) is 0 Å². The third kappa shape index (κ3) is 4.65. The molecule has 3 aromatic rings. The van der Waals surface area contributed by atoms with Crippen LogP contribution in [0.25, 0.3) is 0 Å². The number of rotatable bonds is 4. The highest BCUT2D eigenvalue weighted by Crippen LogP contribution is 2.64. The van der Waals surface area contributed by atoms with Crippen LogP contribution in [0.1, 0.15) is 31.2 Å². The molecule has 3 aromatic carbocycles. The minimum absolute atomic E-state index is 0.0966. The number of halogens is 3. The fraction of sp³-hybridized carbons (Fsp3) is 0.351. The van der Waals surface area contributed by atoms with Crippen LogP contribution in [-0.4, -0.2) is 55.0 Å². The Bertz CT molecular complexity index is 1960. The van der Waals surface area contributed by atoms with Gasteiger partial charge in [0.25, 0.3) is 0 Å². The third-order valence-corrected chi connectivity index (χ3v) is 11.5. The molecule has 1 N–H and O–H groups in total. The molecule has 0 radical (unpaired) electrons. The zero-order valence-corrected chi connectivity index (χ0v) is 27.2. The number of hydrogen-bond acceptors (Lipinski definition) is 7. The van der Waals surface area contributed by atoms with E-state index in [0.717, 1.165) is 35.8 Å². The number of phenolic OH excluding ortho intramolecular Hbond substituents is 1. The fourth-order valence-corrected chi connectivity index (χ4v) is 9.03. The van der Waals surface area contributed by atoms with Crippen LogP contribution in [0.3, 0.4) is 0 Å². The molecule has 1 saturated carbocycles. The van der Waals surface area contributed by atoms with E-state index in [0.29, 0.717) is 30.0 Å². The Morgan fingerprint density at radius 2 is 1.51 bits per heavy atom. The van der Waals surface area contributed by atoms with Gasteiger partial charge in [-0.05, 0) is 85.8 Å². The molecule has 5 aliphatic rings. The van der Waals surface area contributed by atoms with Crippen LogP contribution >= 0.6 is 11.6 Å². The summed E-state index contributed by atoms with van der Waals surface area (Å²) in [6.45, 7) is 4.37. The topological polar surface area (TPSA) is 107 Å². The monoisotopic (exact) mass is 687 g/mol. The van der Waals surface area contributed by atoms with Crippen molar-refractivity contribution in [2.24, 2.45) is 29.1 Å². The summed E-state index contributed by atoms with van der Waals surface area (Å²) in [6, 6.07) is 14.7. The molecular weight excluding hydrogens is 656 g/mol. The minimum Gasteiger partial charge on any atom is -0.505 e. The molecule has 6 atom stereocenters. The quantitative estimate of drug-likeness (QED) is 0.281. The summed E-state index contributed by atoms with van der Waals surface area (Å²) in [5, 5.41) is 9.76. The molecule has 0 aromatic heterocycles. The normalized spacial score (nSPS) is 29.6. The summed E-state index contributed by atoms with van der Waals surface area (Å²) in [6.07, 6.45) is 2.19. The van der Waals surface area contributed by atoms with Gasteiger partial charge in [-0.2, -0.15) is 0 Å². The lowest BCUT2D eigenvalue weighted by Crippen LogP contribution is -2.48. The lowest BCUT2D eigenvalue weighted by Gasteiger charge is -2.49. The van der Waals surface area contributed by atoms with Gasteiger partial charge in [0.1, 0.15) is 5.82 Å². The molecule has 252 valence electrons. The van der Waals surface area contributed by atoms with E-state index in [1.807, 2.05) is 18.2 Å². The summed E-state index contributed by atoms with van der Waals surface area (Å²) >= 11 is 6.05. The summed E-state index contributed by atoms with van der Waals surface area (Å²) in [4.78, 5) is 61.4. The molecule has 3 saturated heterocycles. The van der Waals surface area contributed by atoms with Gasteiger partial charge in [0.15, 0.2) is 11.6 Å². The molecule has 3 heterocycles. The highest BCUT2D eigenvalue weighted by Gasteiger charge is 2.67. The second kappa shape index (κ2) is 11.5. The van der Waals surface area contributed by atoms with E-state index in [9.17, 15) is 33.1 Å². The van der Waals surface area contributed by atoms with E-state index in [4.69, 9.17) is 16.3 Å². The fourth-order valence-electron chi connectivity index (χ4n) is 8.86. The Balaban J connectivity index is 1.19. The van der Waals surface area contributed by atoms with Crippen molar-refractivity contribution in [3.63, 3.8) is 0 Å². The summed E-state index contributed by atoms with van der Waals surface area (Å²) in [7, 11) is 0. The van der Waals surface area contributed by atoms with Gasteiger partial charge >= 0.3 is 0 Å². The molecule has 49 heavy (non-hydrogen) atoms. The maximum Gasteiger partial charge on any atom is 0.241 e. The van der Waals surface area contributed by atoms with E-state index in [1.165, 1.54) is 29.2 Å².